The number of nitrogens with one attached hydrogen (secondary N) is 1. The number of aryl methyl sites for hydroxylation is 2. The molecule has 0 aliphatic carbocycles. The Kier molecular flexibility index (Phi) is 5.19. The zero-order chi connectivity index (χ0) is 12.0. The lowest BCUT2D eigenvalue weighted by atomic mass is 10.2. The van der Waals surface area contributed by atoms with Crippen molar-refractivity contribution >= 4 is 5.82 Å². The van der Waals surface area contributed by atoms with E-state index in [1.165, 1.54) is 0 Å². The summed E-state index contributed by atoms with van der Waals surface area (Å²) in [5.74, 6) is 1.69. The van der Waals surface area contributed by atoms with E-state index >= 15 is 0 Å². The topological polar surface area (TPSA) is 58.0 Å². The van der Waals surface area contributed by atoms with Crippen LogP contribution in [0.15, 0.2) is 6.07 Å². The zero-order valence-corrected chi connectivity index (χ0v) is 10.3. The van der Waals surface area contributed by atoms with E-state index in [1.807, 2.05) is 13.0 Å². The highest BCUT2D eigenvalue weighted by atomic mass is 16.2. The van der Waals surface area contributed by atoms with Crippen LogP contribution in [0.5, 0.6) is 0 Å². The Balaban J connectivity index is 2.61. The van der Waals surface area contributed by atoms with Crippen molar-refractivity contribution in [2.75, 3.05) is 11.9 Å². The summed E-state index contributed by atoms with van der Waals surface area (Å²) in [7, 11) is 0. The molecule has 0 amide bonds. The minimum absolute atomic E-state index is 0.245. The Hall–Kier alpha value is -1.16. The summed E-state index contributed by atoms with van der Waals surface area (Å²) in [4.78, 5) is 8.68. The van der Waals surface area contributed by atoms with Gasteiger partial charge in [0.25, 0.3) is 0 Å². The summed E-state index contributed by atoms with van der Waals surface area (Å²) >= 11 is 0. The average Bonchev–Trinajstić information content (AvgIpc) is 2.25. The second-order valence-corrected chi connectivity index (χ2v) is 4.06. The van der Waals surface area contributed by atoms with E-state index in [4.69, 9.17) is 5.11 Å². The van der Waals surface area contributed by atoms with Crippen LogP contribution in [0.1, 0.15) is 38.2 Å². The maximum absolute atomic E-state index is 8.75. The van der Waals surface area contributed by atoms with Crippen LogP contribution < -0.4 is 5.32 Å². The van der Waals surface area contributed by atoms with Crippen LogP contribution in [0, 0.1) is 6.92 Å². The molecular formula is C12H21N3O. The van der Waals surface area contributed by atoms with Crippen LogP contribution in [0.3, 0.4) is 0 Å². The Bertz CT molecular complexity index is 328. The molecule has 0 aliphatic rings. The SMILES string of the molecule is CCc1cc(NC(C)CCCO)nc(C)n1. The lowest BCUT2D eigenvalue weighted by molar-refractivity contribution is 0.282. The van der Waals surface area contributed by atoms with Gasteiger partial charge in [0.2, 0.25) is 0 Å². The van der Waals surface area contributed by atoms with Gasteiger partial charge in [-0.2, -0.15) is 0 Å². The molecule has 0 saturated heterocycles. The van der Waals surface area contributed by atoms with Crippen molar-refractivity contribution < 1.29 is 5.11 Å². The molecule has 0 aromatic carbocycles. The van der Waals surface area contributed by atoms with Gasteiger partial charge in [0, 0.05) is 24.4 Å². The smallest absolute Gasteiger partial charge is 0.130 e. The molecule has 1 aromatic rings. The predicted octanol–water partition coefficient (Wildman–Crippen LogP) is 1.92. The third-order valence-electron chi connectivity index (χ3n) is 2.44. The van der Waals surface area contributed by atoms with Gasteiger partial charge in [-0.05, 0) is 33.1 Å². The molecule has 0 bridgehead atoms. The van der Waals surface area contributed by atoms with Gasteiger partial charge >= 0.3 is 0 Å². The van der Waals surface area contributed by atoms with Crippen molar-refractivity contribution in [3.63, 3.8) is 0 Å². The Labute approximate surface area is 97.1 Å². The maximum atomic E-state index is 8.75. The minimum atomic E-state index is 0.245. The van der Waals surface area contributed by atoms with Gasteiger partial charge < -0.3 is 10.4 Å². The zero-order valence-electron chi connectivity index (χ0n) is 10.3. The third kappa shape index (κ3) is 4.14. The second-order valence-electron chi connectivity index (χ2n) is 4.06. The van der Waals surface area contributed by atoms with Gasteiger partial charge in [-0.3, -0.25) is 0 Å². The van der Waals surface area contributed by atoms with E-state index in [2.05, 4.69) is 29.1 Å². The molecule has 0 radical (unpaired) electrons. The molecule has 1 atom stereocenters. The highest BCUT2D eigenvalue weighted by molar-refractivity contribution is 5.36. The van der Waals surface area contributed by atoms with Crippen LogP contribution in [-0.2, 0) is 6.42 Å². The lowest BCUT2D eigenvalue weighted by Gasteiger charge is -2.14. The number of aromatic nitrogens is 2. The first-order valence-corrected chi connectivity index (χ1v) is 5.87. The molecule has 16 heavy (non-hydrogen) atoms. The van der Waals surface area contributed by atoms with Crippen LogP contribution in [-0.4, -0.2) is 27.7 Å². The molecular weight excluding hydrogens is 202 g/mol. The van der Waals surface area contributed by atoms with E-state index < -0.39 is 0 Å². The number of nitrogens with zero attached hydrogens (tertiary/aromatic N) is 2. The lowest BCUT2D eigenvalue weighted by Crippen LogP contribution is -2.17. The van der Waals surface area contributed by atoms with Crippen LogP contribution in [0.4, 0.5) is 5.82 Å². The highest BCUT2D eigenvalue weighted by Crippen LogP contribution is 2.10. The molecule has 0 spiro atoms. The van der Waals surface area contributed by atoms with Gasteiger partial charge in [-0.1, -0.05) is 6.92 Å². The van der Waals surface area contributed by atoms with Crippen molar-refractivity contribution in [2.45, 2.75) is 46.1 Å². The van der Waals surface area contributed by atoms with Gasteiger partial charge in [0.1, 0.15) is 11.6 Å². The molecule has 4 nitrogen and oxygen atoms in total. The molecule has 90 valence electrons. The van der Waals surface area contributed by atoms with E-state index in [9.17, 15) is 0 Å². The van der Waals surface area contributed by atoms with Gasteiger partial charge in [0.05, 0.1) is 0 Å². The number of anilines is 1. The monoisotopic (exact) mass is 223 g/mol. The fourth-order valence-corrected chi connectivity index (χ4v) is 1.61. The standard InChI is InChI=1S/C12H21N3O/c1-4-11-8-12(15-10(3)14-11)13-9(2)6-5-7-16/h8-9,16H,4-7H2,1-3H3,(H,13,14,15). The van der Waals surface area contributed by atoms with E-state index in [0.29, 0.717) is 6.04 Å². The Morgan fingerprint density at radius 3 is 2.81 bits per heavy atom. The molecule has 1 unspecified atom stereocenters. The Morgan fingerprint density at radius 1 is 1.44 bits per heavy atom. The van der Waals surface area contributed by atoms with Crippen molar-refractivity contribution in [1.82, 2.24) is 9.97 Å². The number of aliphatic hydroxyl groups excluding tert-OH is 1. The number of rotatable bonds is 6. The summed E-state index contributed by atoms with van der Waals surface area (Å²) in [5, 5.41) is 12.1. The van der Waals surface area contributed by atoms with E-state index in [1.54, 1.807) is 0 Å². The maximum Gasteiger partial charge on any atom is 0.130 e. The normalized spacial score (nSPS) is 12.5. The summed E-state index contributed by atoms with van der Waals surface area (Å²) in [6.45, 7) is 6.33. The van der Waals surface area contributed by atoms with Crippen LogP contribution in [0.2, 0.25) is 0 Å². The molecule has 1 rings (SSSR count). The summed E-state index contributed by atoms with van der Waals surface area (Å²) in [6, 6.07) is 2.31. The van der Waals surface area contributed by atoms with Gasteiger partial charge in [-0.25, -0.2) is 9.97 Å². The van der Waals surface area contributed by atoms with Crippen LogP contribution in [0.25, 0.3) is 0 Å². The Morgan fingerprint density at radius 2 is 2.19 bits per heavy atom. The van der Waals surface area contributed by atoms with Crippen molar-refractivity contribution in [2.24, 2.45) is 0 Å². The van der Waals surface area contributed by atoms with Crippen molar-refractivity contribution in [1.29, 1.82) is 0 Å². The number of aliphatic hydroxyl groups is 1. The molecule has 0 fully saturated rings. The molecule has 0 aliphatic heterocycles. The minimum Gasteiger partial charge on any atom is -0.396 e. The molecule has 1 aromatic heterocycles. The van der Waals surface area contributed by atoms with Crippen LogP contribution >= 0.6 is 0 Å². The first-order chi connectivity index (χ1) is 7.65. The van der Waals surface area contributed by atoms with Crippen molar-refractivity contribution in [3.05, 3.63) is 17.6 Å². The second kappa shape index (κ2) is 6.43. The first kappa shape index (κ1) is 12.9. The van der Waals surface area contributed by atoms with Gasteiger partial charge in [0.15, 0.2) is 0 Å². The number of hydrogen-bond acceptors (Lipinski definition) is 4. The largest absolute Gasteiger partial charge is 0.396 e. The van der Waals surface area contributed by atoms with Crippen molar-refractivity contribution in [3.8, 4) is 0 Å². The number of hydrogen-bond donors (Lipinski definition) is 2. The fraction of sp³-hybridized carbons (Fsp3) is 0.667. The molecule has 2 N–H and O–H groups in total. The summed E-state index contributed by atoms with van der Waals surface area (Å²) < 4.78 is 0. The summed E-state index contributed by atoms with van der Waals surface area (Å²) in [5.41, 5.74) is 1.06. The fourth-order valence-electron chi connectivity index (χ4n) is 1.61. The molecule has 0 saturated carbocycles. The summed E-state index contributed by atoms with van der Waals surface area (Å²) in [6.07, 6.45) is 2.68. The van der Waals surface area contributed by atoms with E-state index in [0.717, 1.165) is 36.6 Å². The average molecular weight is 223 g/mol. The quantitative estimate of drug-likeness (QED) is 0.773. The highest BCUT2D eigenvalue weighted by Gasteiger charge is 2.04. The van der Waals surface area contributed by atoms with E-state index in [-0.39, 0.29) is 6.61 Å². The predicted molar refractivity (Wildman–Crippen MR) is 65.6 cm³/mol. The molecule has 4 heteroatoms. The molecule has 1 heterocycles. The first-order valence-electron chi connectivity index (χ1n) is 5.87. The van der Waals surface area contributed by atoms with Gasteiger partial charge in [-0.15, -0.1) is 0 Å². The third-order valence-corrected chi connectivity index (χ3v) is 2.44.